The summed E-state index contributed by atoms with van der Waals surface area (Å²) >= 11 is 0. The SMILES string of the molecule is COc1cccc(C(O)=C2C(=O)C(=O)N(Cc3ccco3)C2c2ccccc2F)c1. The van der Waals surface area contributed by atoms with Gasteiger partial charge < -0.3 is 19.2 Å². The van der Waals surface area contributed by atoms with Crippen LogP contribution in [0.25, 0.3) is 5.76 Å². The number of carbonyl (C=O) groups excluding carboxylic acids is 2. The maximum Gasteiger partial charge on any atom is 0.296 e. The molecule has 1 unspecified atom stereocenters. The number of aliphatic hydroxyl groups is 1. The van der Waals surface area contributed by atoms with E-state index >= 15 is 0 Å². The highest BCUT2D eigenvalue weighted by molar-refractivity contribution is 6.46. The molecule has 152 valence electrons. The summed E-state index contributed by atoms with van der Waals surface area (Å²) in [5, 5.41) is 11.0. The van der Waals surface area contributed by atoms with Crippen molar-refractivity contribution >= 4 is 17.4 Å². The summed E-state index contributed by atoms with van der Waals surface area (Å²) in [6.07, 6.45) is 1.44. The number of ketones is 1. The number of halogens is 1. The van der Waals surface area contributed by atoms with E-state index in [-0.39, 0.29) is 23.2 Å². The fraction of sp³-hybridized carbons (Fsp3) is 0.130. The van der Waals surface area contributed by atoms with Crippen LogP contribution in [-0.2, 0) is 16.1 Å². The van der Waals surface area contributed by atoms with Gasteiger partial charge in [-0.1, -0.05) is 30.3 Å². The van der Waals surface area contributed by atoms with Crippen molar-refractivity contribution in [1.29, 1.82) is 0 Å². The van der Waals surface area contributed by atoms with Gasteiger partial charge in [-0.05, 0) is 30.3 Å². The van der Waals surface area contributed by atoms with Gasteiger partial charge in [0.2, 0.25) is 0 Å². The monoisotopic (exact) mass is 407 g/mol. The van der Waals surface area contributed by atoms with Crippen LogP contribution in [0.4, 0.5) is 4.39 Å². The van der Waals surface area contributed by atoms with Gasteiger partial charge in [0.15, 0.2) is 0 Å². The fourth-order valence-electron chi connectivity index (χ4n) is 3.56. The van der Waals surface area contributed by atoms with Crippen LogP contribution in [0.15, 0.2) is 76.9 Å². The highest BCUT2D eigenvalue weighted by atomic mass is 19.1. The highest BCUT2D eigenvalue weighted by Crippen LogP contribution is 2.41. The lowest BCUT2D eigenvalue weighted by atomic mass is 9.95. The van der Waals surface area contributed by atoms with E-state index in [0.717, 1.165) is 0 Å². The number of rotatable bonds is 5. The van der Waals surface area contributed by atoms with Gasteiger partial charge in [-0.2, -0.15) is 0 Å². The zero-order valence-corrected chi connectivity index (χ0v) is 16.0. The van der Waals surface area contributed by atoms with Crippen molar-refractivity contribution < 1.29 is 28.2 Å². The summed E-state index contributed by atoms with van der Waals surface area (Å²) < 4.78 is 25.2. The van der Waals surface area contributed by atoms with Crippen LogP contribution < -0.4 is 4.74 Å². The molecule has 1 saturated heterocycles. The quantitative estimate of drug-likeness (QED) is 0.392. The molecule has 0 radical (unpaired) electrons. The van der Waals surface area contributed by atoms with E-state index < -0.39 is 29.3 Å². The van der Waals surface area contributed by atoms with Gasteiger partial charge in [0.05, 0.1) is 31.5 Å². The van der Waals surface area contributed by atoms with Crippen molar-refractivity contribution in [3.63, 3.8) is 0 Å². The second-order valence-electron chi connectivity index (χ2n) is 6.76. The molecular weight excluding hydrogens is 389 g/mol. The predicted molar refractivity (Wildman–Crippen MR) is 106 cm³/mol. The second kappa shape index (κ2) is 7.87. The van der Waals surface area contributed by atoms with Gasteiger partial charge in [0.25, 0.3) is 11.7 Å². The lowest BCUT2D eigenvalue weighted by molar-refractivity contribution is -0.140. The first-order valence-electron chi connectivity index (χ1n) is 9.21. The van der Waals surface area contributed by atoms with Gasteiger partial charge in [-0.15, -0.1) is 0 Å². The lowest BCUT2D eigenvalue weighted by Gasteiger charge is -2.24. The Morgan fingerprint density at radius 1 is 1.13 bits per heavy atom. The highest BCUT2D eigenvalue weighted by Gasteiger charge is 2.47. The number of hydrogen-bond acceptors (Lipinski definition) is 5. The minimum Gasteiger partial charge on any atom is -0.507 e. The first kappa shape index (κ1) is 19.4. The number of benzene rings is 2. The molecule has 0 saturated carbocycles. The van der Waals surface area contributed by atoms with Crippen molar-refractivity contribution in [1.82, 2.24) is 4.90 Å². The smallest absolute Gasteiger partial charge is 0.296 e. The molecule has 2 heterocycles. The first-order chi connectivity index (χ1) is 14.5. The Kier molecular flexibility index (Phi) is 5.10. The molecule has 1 aliphatic heterocycles. The molecular formula is C23H18FNO5. The Balaban J connectivity index is 1.89. The zero-order valence-electron chi connectivity index (χ0n) is 16.0. The number of nitrogens with zero attached hydrogens (tertiary/aromatic N) is 1. The van der Waals surface area contributed by atoms with Gasteiger partial charge in [-0.25, -0.2) is 4.39 Å². The molecule has 1 aromatic heterocycles. The van der Waals surface area contributed by atoms with Crippen LogP contribution in [0, 0.1) is 5.82 Å². The number of Topliss-reactive ketones (excluding diaryl/α,β-unsaturated/α-hetero) is 1. The molecule has 7 heteroatoms. The molecule has 1 aliphatic rings. The number of ether oxygens (including phenoxy) is 1. The van der Waals surface area contributed by atoms with Gasteiger partial charge in [-0.3, -0.25) is 9.59 Å². The summed E-state index contributed by atoms with van der Waals surface area (Å²) in [4.78, 5) is 27.0. The van der Waals surface area contributed by atoms with E-state index in [1.807, 2.05) is 0 Å². The van der Waals surface area contributed by atoms with E-state index in [0.29, 0.717) is 11.5 Å². The molecule has 0 spiro atoms. The Labute approximate surface area is 171 Å². The van der Waals surface area contributed by atoms with Crippen molar-refractivity contribution in [3.05, 3.63) is 95.2 Å². The molecule has 2 aromatic carbocycles. The van der Waals surface area contributed by atoms with E-state index in [9.17, 15) is 19.1 Å². The number of furan rings is 1. The van der Waals surface area contributed by atoms with Crippen LogP contribution in [-0.4, -0.2) is 28.8 Å². The first-order valence-corrected chi connectivity index (χ1v) is 9.21. The number of amides is 1. The largest absolute Gasteiger partial charge is 0.507 e. The average Bonchev–Trinajstić information content (AvgIpc) is 3.36. The molecule has 1 amide bonds. The average molecular weight is 407 g/mol. The summed E-state index contributed by atoms with van der Waals surface area (Å²) in [7, 11) is 1.47. The van der Waals surface area contributed by atoms with Gasteiger partial charge in [0.1, 0.15) is 23.1 Å². The van der Waals surface area contributed by atoms with E-state index in [1.54, 1.807) is 36.4 Å². The third-order valence-electron chi connectivity index (χ3n) is 4.99. The summed E-state index contributed by atoms with van der Waals surface area (Å²) in [5.41, 5.74) is 0.198. The molecule has 3 aromatic rings. The van der Waals surface area contributed by atoms with Gasteiger partial charge in [0, 0.05) is 11.1 Å². The fourth-order valence-corrected chi connectivity index (χ4v) is 3.56. The molecule has 1 atom stereocenters. The summed E-state index contributed by atoms with van der Waals surface area (Å²) in [6, 6.07) is 14.5. The molecule has 6 nitrogen and oxygen atoms in total. The summed E-state index contributed by atoms with van der Waals surface area (Å²) in [5.74, 6) is -1.84. The molecule has 1 fully saturated rings. The standard InChI is InChI=1S/C23H18FNO5/c1-29-15-7-4-6-14(12-15)21(26)19-20(17-9-2-3-10-18(17)24)25(23(28)22(19)27)13-16-8-5-11-30-16/h2-12,20,26H,13H2,1H3. The second-order valence-corrected chi connectivity index (χ2v) is 6.76. The molecule has 4 rings (SSSR count). The lowest BCUT2D eigenvalue weighted by Crippen LogP contribution is -2.29. The Hall–Kier alpha value is -3.87. The van der Waals surface area contributed by atoms with E-state index in [4.69, 9.17) is 9.15 Å². The maximum atomic E-state index is 14.7. The molecule has 1 N–H and O–H groups in total. The molecule has 0 aliphatic carbocycles. The Bertz CT molecular complexity index is 1140. The van der Waals surface area contributed by atoms with Crippen LogP contribution in [0.1, 0.15) is 22.9 Å². The van der Waals surface area contributed by atoms with E-state index in [1.165, 1.54) is 42.5 Å². The van der Waals surface area contributed by atoms with Crippen LogP contribution >= 0.6 is 0 Å². The number of aliphatic hydroxyl groups excluding tert-OH is 1. The third-order valence-corrected chi connectivity index (χ3v) is 4.99. The number of methoxy groups -OCH3 is 1. The minimum atomic E-state index is -1.11. The van der Waals surface area contributed by atoms with Gasteiger partial charge >= 0.3 is 0 Å². The van der Waals surface area contributed by atoms with Crippen LogP contribution in [0.5, 0.6) is 5.75 Å². The number of hydrogen-bond donors (Lipinski definition) is 1. The molecule has 0 bridgehead atoms. The topological polar surface area (TPSA) is 80.0 Å². The summed E-state index contributed by atoms with van der Waals surface area (Å²) in [6.45, 7) is -0.0501. The van der Waals surface area contributed by atoms with Crippen molar-refractivity contribution in [3.8, 4) is 5.75 Å². The third kappa shape index (κ3) is 3.34. The Morgan fingerprint density at radius 2 is 1.93 bits per heavy atom. The maximum absolute atomic E-state index is 14.7. The van der Waals surface area contributed by atoms with Crippen molar-refractivity contribution in [2.75, 3.05) is 7.11 Å². The Morgan fingerprint density at radius 3 is 2.63 bits per heavy atom. The van der Waals surface area contributed by atoms with E-state index in [2.05, 4.69) is 0 Å². The van der Waals surface area contributed by atoms with Crippen molar-refractivity contribution in [2.45, 2.75) is 12.6 Å². The zero-order chi connectivity index (χ0) is 21.3. The van der Waals surface area contributed by atoms with Crippen molar-refractivity contribution in [2.24, 2.45) is 0 Å². The molecule has 30 heavy (non-hydrogen) atoms. The minimum absolute atomic E-state index is 0.0501. The predicted octanol–water partition coefficient (Wildman–Crippen LogP) is 4.05. The van der Waals surface area contributed by atoms with Crippen LogP contribution in [0.3, 0.4) is 0 Å². The normalized spacial score (nSPS) is 18.1. The van der Waals surface area contributed by atoms with Crippen LogP contribution in [0.2, 0.25) is 0 Å². The number of carbonyl (C=O) groups is 2. The number of likely N-dealkylation sites (tertiary alicyclic amines) is 1.